The maximum absolute atomic E-state index is 12.8. The molecule has 0 aromatic heterocycles. The minimum absolute atomic E-state index is 0.0524. The van der Waals surface area contributed by atoms with Crippen LogP contribution in [0.15, 0.2) is 29.2 Å². The number of likely N-dealkylation sites (tertiary alicyclic amines) is 1. The molecule has 1 fully saturated rings. The number of rotatable bonds is 9. The molecule has 30 heavy (non-hydrogen) atoms. The smallest absolute Gasteiger partial charge is 0.409 e. The predicted molar refractivity (Wildman–Crippen MR) is 118 cm³/mol. The van der Waals surface area contributed by atoms with Gasteiger partial charge in [-0.25, -0.2) is 13.2 Å². The monoisotopic (exact) mass is 477 g/mol. The van der Waals surface area contributed by atoms with Crippen LogP contribution in [-0.2, 0) is 19.6 Å². The summed E-state index contributed by atoms with van der Waals surface area (Å²) in [6.07, 6.45) is 3.08. The van der Waals surface area contributed by atoms with Gasteiger partial charge in [-0.1, -0.05) is 11.6 Å². The number of hydrogen-bond acceptors (Lipinski definition) is 6. The molecule has 1 saturated heterocycles. The van der Waals surface area contributed by atoms with E-state index in [-0.39, 0.29) is 22.9 Å². The lowest BCUT2D eigenvalue weighted by atomic mass is 10.0. The summed E-state index contributed by atoms with van der Waals surface area (Å²) in [6.45, 7) is 3.04. The zero-order chi connectivity index (χ0) is 22.1. The Bertz CT molecular complexity index is 812. The Labute approximate surface area is 187 Å². The standard InChI is InChI=1S/C19H28ClN3O5S2/c1-3-28-19(25)23-11-8-15(9-12-23)21-18(24)17(10-13-29-2)22-30(26,27)16-6-4-14(20)5-7-16/h4-7,15,17,22H,3,8-13H2,1-2H3,(H,21,24)/t17-/m1/s1. The van der Waals surface area contributed by atoms with Crippen molar-refractivity contribution >= 4 is 45.4 Å². The molecule has 1 heterocycles. The maximum Gasteiger partial charge on any atom is 0.409 e. The molecule has 0 unspecified atom stereocenters. The molecule has 1 aliphatic heterocycles. The van der Waals surface area contributed by atoms with Crippen LogP contribution in [-0.4, -0.2) is 69.1 Å². The highest BCUT2D eigenvalue weighted by atomic mass is 35.5. The van der Waals surface area contributed by atoms with Crippen molar-refractivity contribution in [2.75, 3.05) is 31.7 Å². The SMILES string of the molecule is CCOC(=O)N1CCC(NC(=O)[C@@H](CCSC)NS(=O)(=O)c2ccc(Cl)cc2)CC1. The molecule has 0 radical (unpaired) electrons. The topological polar surface area (TPSA) is 105 Å². The molecule has 1 aromatic carbocycles. The average molecular weight is 478 g/mol. The van der Waals surface area contributed by atoms with Gasteiger partial charge < -0.3 is 15.0 Å². The van der Waals surface area contributed by atoms with Crippen LogP contribution in [0.4, 0.5) is 4.79 Å². The number of carbonyl (C=O) groups is 2. The molecule has 0 spiro atoms. The van der Waals surface area contributed by atoms with Crippen molar-refractivity contribution in [2.24, 2.45) is 0 Å². The summed E-state index contributed by atoms with van der Waals surface area (Å²) >= 11 is 7.36. The summed E-state index contributed by atoms with van der Waals surface area (Å²) in [4.78, 5) is 26.3. The molecule has 2 N–H and O–H groups in total. The van der Waals surface area contributed by atoms with Gasteiger partial charge in [0.15, 0.2) is 0 Å². The summed E-state index contributed by atoms with van der Waals surface area (Å²) in [6, 6.07) is 4.77. The second kappa shape index (κ2) is 11.8. The van der Waals surface area contributed by atoms with Gasteiger partial charge in [-0.05, 0) is 62.5 Å². The first kappa shape index (κ1) is 24.8. The molecule has 1 atom stereocenters. The summed E-state index contributed by atoms with van der Waals surface area (Å²) in [5, 5.41) is 3.36. The lowest BCUT2D eigenvalue weighted by Crippen LogP contribution is -2.52. The summed E-state index contributed by atoms with van der Waals surface area (Å²) in [5.41, 5.74) is 0. The van der Waals surface area contributed by atoms with Crippen LogP contribution in [0.3, 0.4) is 0 Å². The van der Waals surface area contributed by atoms with Crippen molar-refractivity contribution in [3.63, 3.8) is 0 Å². The quantitative estimate of drug-likeness (QED) is 0.566. The molecule has 0 saturated carbocycles. The van der Waals surface area contributed by atoms with Crippen LogP contribution in [0, 0.1) is 0 Å². The molecule has 1 aromatic rings. The van der Waals surface area contributed by atoms with Gasteiger partial charge >= 0.3 is 6.09 Å². The van der Waals surface area contributed by atoms with Crippen molar-refractivity contribution in [2.45, 2.75) is 43.2 Å². The average Bonchev–Trinajstić information content (AvgIpc) is 2.72. The zero-order valence-corrected chi connectivity index (χ0v) is 19.5. The number of halogens is 1. The number of amides is 2. The van der Waals surface area contributed by atoms with Gasteiger partial charge in [-0.15, -0.1) is 0 Å². The van der Waals surface area contributed by atoms with E-state index in [0.29, 0.717) is 49.7 Å². The van der Waals surface area contributed by atoms with Crippen molar-refractivity contribution in [3.8, 4) is 0 Å². The van der Waals surface area contributed by atoms with E-state index < -0.39 is 16.1 Å². The lowest BCUT2D eigenvalue weighted by molar-refractivity contribution is -0.123. The summed E-state index contributed by atoms with van der Waals surface area (Å²) in [7, 11) is -3.87. The minimum atomic E-state index is -3.87. The van der Waals surface area contributed by atoms with E-state index in [4.69, 9.17) is 16.3 Å². The molecule has 168 valence electrons. The Morgan fingerprint density at radius 3 is 2.47 bits per heavy atom. The number of carbonyl (C=O) groups excluding carboxylic acids is 2. The van der Waals surface area contributed by atoms with Crippen molar-refractivity contribution in [3.05, 3.63) is 29.3 Å². The molecule has 1 aliphatic rings. The predicted octanol–water partition coefficient (Wildman–Crippen LogP) is 2.48. The molecule has 0 bridgehead atoms. The van der Waals surface area contributed by atoms with Crippen molar-refractivity contribution in [1.82, 2.24) is 14.9 Å². The van der Waals surface area contributed by atoms with Gasteiger partial charge in [0.1, 0.15) is 6.04 Å². The Kier molecular flexibility index (Phi) is 9.73. The number of nitrogens with one attached hydrogen (secondary N) is 2. The highest BCUT2D eigenvalue weighted by Crippen LogP contribution is 2.16. The molecule has 8 nitrogen and oxygen atoms in total. The van der Waals surface area contributed by atoms with E-state index in [0.717, 1.165) is 0 Å². The summed E-state index contributed by atoms with van der Waals surface area (Å²) in [5.74, 6) is 0.263. The third kappa shape index (κ3) is 7.33. The van der Waals surface area contributed by atoms with E-state index in [1.54, 1.807) is 11.8 Å². The highest BCUT2D eigenvalue weighted by Gasteiger charge is 2.29. The molecular weight excluding hydrogens is 450 g/mol. The molecule has 2 amide bonds. The van der Waals surface area contributed by atoms with E-state index in [2.05, 4.69) is 10.0 Å². The Morgan fingerprint density at radius 1 is 1.27 bits per heavy atom. The Morgan fingerprint density at radius 2 is 1.90 bits per heavy atom. The van der Waals surface area contributed by atoms with Gasteiger partial charge in [0.2, 0.25) is 15.9 Å². The van der Waals surface area contributed by atoms with Gasteiger partial charge in [-0.2, -0.15) is 16.5 Å². The highest BCUT2D eigenvalue weighted by molar-refractivity contribution is 7.98. The second-order valence-corrected chi connectivity index (χ2v) is 10.0. The van der Waals surface area contributed by atoms with Crippen molar-refractivity contribution in [1.29, 1.82) is 0 Å². The Balaban J connectivity index is 1.98. The largest absolute Gasteiger partial charge is 0.450 e. The Hall–Kier alpha value is -1.49. The fraction of sp³-hybridized carbons (Fsp3) is 0.579. The fourth-order valence-electron chi connectivity index (χ4n) is 3.07. The molecule has 11 heteroatoms. The van der Waals surface area contributed by atoms with Crippen LogP contribution in [0.5, 0.6) is 0 Å². The first-order valence-corrected chi connectivity index (χ1v) is 13.0. The second-order valence-electron chi connectivity index (χ2n) is 6.88. The fourth-order valence-corrected chi connectivity index (χ4v) is 4.90. The lowest BCUT2D eigenvalue weighted by Gasteiger charge is -2.32. The number of benzene rings is 1. The minimum Gasteiger partial charge on any atom is -0.450 e. The molecular formula is C19H28ClN3O5S2. The zero-order valence-electron chi connectivity index (χ0n) is 17.1. The van der Waals surface area contributed by atoms with E-state index in [1.807, 2.05) is 6.26 Å². The van der Waals surface area contributed by atoms with Crippen LogP contribution in [0.1, 0.15) is 26.2 Å². The van der Waals surface area contributed by atoms with Crippen LogP contribution in [0.2, 0.25) is 5.02 Å². The first-order chi connectivity index (χ1) is 14.3. The first-order valence-electron chi connectivity index (χ1n) is 9.75. The van der Waals surface area contributed by atoms with Crippen LogP contribution >= 0.6 is 23.4 Å². The van der Waals surface area contributed by atoms with E-state index in [9.17, 15) is 18.0 Å². The van der Waals surface area contributed by atoms with E-state index in [1.165, 1.54) is 36.0 Å². The number of ether oxygens (including phenoxy) is 1. The maximum atomic E-state index is 12.8. The molecule has 0 aliphatic carbocycles. The van der Waals surface area contributed by atoms with Gasteiger partial charge in [0.05, 0.1) is 11.5 Å². The number of sulfonamides is 1. The third-order valence-electron chi connectivity index (χ3n) is 4.72. The number of hydrogen-bond donors (Lipinski definition) is 2. The third-order valence-corrected chi connectivity index (χ3v) is 7.10. The van der Waals surface area contributed by atoms with Crippen LogP contribution in [0.25, 0.3) is 0 Å². The normalized spacial score (nSPS) is 16.2. The van der Waals surface area contributed by atoms with Crippen LogP contribution < -0.4 is 10.0 Å². The number of nitrogens with zero attached hydrogens (tertiary/aromatic N) is 1. The molecule has 2 rings (SSSR count). The van der Waals surface area contributed by atoms with E-state index >= 15 is 0 Å². The van der Waals surface area contributed by atoms with Crippen molar-refractivity contribution < 1.29 is 22.7 Å². The number of thioether (sulfide) groups is 1. The van der Waals surface area contributed by atoms with Gasteiger partial charge in [0.25, 0.3) is 0 Å². The van der Waals surface area contributed by atoms with Gasteiger partial charge in [0, 0.05) is 24.2 Å². The van der Waals surface area contributed by atoms with Gasteiger partial charge in [-0.3, -0.25) is 4.79 Å². The summed E-state index contributed by atoms with van der Waals surface area (Å²) < 4.78 is 32.9. The number of piperidine rings is 1.